The van der Waals surface area contributed by atoms with Crippen molar-refractivity contribution >= 4 is 29.3 Å². The standard InChI is InChI=1S/C26H23ClN2O5/c1-3-34-23-21(27)12-17(13-22(23)33-2)14-28-24(30)18-10-8-16(9-11-18)15-29-25(31)19-6-4-5-7-20(19)26(29)32/h4-13H,3,14-15H2,1-2H3,(H,28,30). The van der Waals surface area contributed by atoms with Gasteiger partial charge in [0.15, 0.2) is 11.5 Å². The molecule has 0 saturated heterocycles. The van der Waals surface area contributed by atoms with Gasteiger partial charge in [0.05, 0.1) is 36.4 Å². The highest BCUT2D eigenvalue weighted by molar-refractivity contribution is 6.32. The van der Waals surface area contributed by atoms with Crippen molar-refractivity contribution in [3.63, 3.8) is 0 Å². The molecule has 0 unspecified atom stereocenters. The first-order valence-corrected chi connectivity index (χ1v) is 11.1. The van der Waals surface area contributed by atoms with E-state index in [-0.39, 0.29) is 30.8 Å². The summed E-state index contributed by atoms with van der Waals surface area (Å²) in [5.74, 6) is 0.0708. The van der Waals surface area contributed by atoms with E-state index in [1.807, 2.05) is 6.92 Å². The van der Waals surface area contributed by atoms with Gasteiger partial charge in [-0.25, -0.2) is 0 Å². The van der Waals surface area contributed by atoms with Crippen molar-refractivity contribution in [2.75, 3.05) is 13.7 Å². The summed E-state index contributed by atoms with van der Waals surface area (Å²) in [6, 6.07) is 17.0. The van der Waals surface area contributed by atoms with Gasteiger partial charge in [0.25, 0.3) is 17.7 Å². The van der Waals surface area contributed by atoms with Gasteiger partial charge in [-0.05, 0) is 54.4 Å². The summed E-state index contributed by atoms with van der Waals surface area (Å²) < 4.78 is 10.8. The molecule has 1 N–H and O–H groups in total. The Kier molecular flexibility index (Phi) is 6.84. The van der Waals surface area contributed by atoms with Crippen LogP contribution in [0.25, 0.3) is 0 Å². The molecule has 1 heterocycles. The molecule has 0 radical (unpaired) electrons. The number of halogens is 1. The molecule has 0 atom stereocenters. The van der Waals surface area contributed by atoms with E-state index in [1.54, 1.807) is 60.7 Å². The van der Waals surface area contributed by atoms with Crippen molar-refractivity contribution in [2.45, 2.75) is 20.0 Å². The monoisotopic (exact) mass is 478 g/mol. The van der Waals surface area contributed by atoms with Crippen LogP contribution in [0.2, 0.25) is 5.02 Å². The minimum Gasteiger partial charge on any atom is -0.493 e. The summed E-state index contributed by atoms with van der Waals surface area (Å²) in [6.45, 7) is 2.70. The minimum absolute atomic E-state index is 0.138. The van der Waals surface area contributed by atoms with E-state index in [4.69, 9.17) is 21.1 Å². The number of hydrogen-bond acceptors (Lipinski definition) is 5. The third-order valence-electron chi connectivity index (χ3n) is 5.47. The summed E-state index contributed by atoms with van der Waals surface area (Å²) in [5, 5.41) is 3.26. The second kappa shape index (κ2) is 9.97. The fourth-order valence-electron chi connectivity index (χ4n) is 3.77. The number of nitrogens with zero attached hydrogens (tertiary/aromatic N) is 1. The van der Waals surface area contributed by atoms with Crippen LogP contribution in [0.4, 0.5) is 0 Å². The molecule has 0 aliphatic carbocycles. The third kappa shape index (κ3) is 4.61. The van der Waals surface area contributed by atoms with Crippen molar-refractivity contribution in [1.29, 1.82) is 0 Å². The van der Waals surface area contributed by atoms with Crippen molar-refractivity contribution in [2.24, 2.45) is 0 Å². The Bertz CT molecular complexity index is 1220. The molecule has 7 nitrogen and oxygen atoms in total. The zero-order chi connectivity index (χ0) is 24.2. The molecule has 3 amide bonds. The number of carbonyl (C=O) groups is 3. The maximum absolute atomic E-state index is 12.6. The van der Waals surface area contributed by atoms with Crippen LogP contribution < -0.4 is 14.8 Å². The number of imide groups is 1. The SMILES string of the molecule is CCOc1c(Cl)cc(CNC(=O)c2ccc(CN3C(=O)c4ccccc4C3=O)cc2)cc1OC. The lowest BCUT2D eigenvalue weighted by atomic mass is 10.1. The summed E-state index contributed by atoms with van der Waals surface area (Å²) >= 11 is 6.29. The molecule has 8 heteroatoms. The Labute approximate surface area is 202 Å². The summed E-state index contributed by atoms with van der Waals surface area (Å²) in [7, 11) is 1.53. The average molecular weight is 479 g/mol. The lowest BCUT2D eigenvalue weighted by Crippen LogP contribution is -2.29. The molecule has 174 valence electrons. The van der Waals surface area contributed by atoms with Gasteiger partial charge in [-0.1, -0.05) is 35.9 Å². The normalized spacial score (nSPS) is 12.5. The highest BCUT2D eigenvalue weighted by atomic mass is 35.5. The molecule has 0 bridgehead atoms. The van der Waals surface area contributed by atoms with Gasteiger partial charge in [0.1, 0.15) is 0 Å². The number of ether oxygens (including phenoxy) is 2. The van der Waals surface area contributed by atoms with E-state index in [0.29, 0.717) is 39.8 Å². The first kappa shape index (κ1) is 23.3. The molecule has 0 spiro atoms. The smallest absolute Gasteiger partial charge is 0.261 e. The van der Waals surface area contributed by atoms with Crippen LogP contribution in [-0.4, -0.2) is 36.3 Å². The van der Waals surface area contributed by atoms with Gasteiger partial charge >= 0.3 is 0 Å². The number of methoxy groups -OCH3 is 1. The van der Waals surface area contributed by atoms with Crippen LogP contribution in [0.5, 0.6) is 11.5 Å². The zero-order valence-corrected chi connectivity index (χ0v) is 19.5. The maximum atomic E-state index is 12.6. The topological polar surface area (TPSA) is 84.9 Å². The number of fused-ring (bicyclic) bond motifs is 1. The number of rotatable bonds is 8. The third-order valence-corrected chi connectivity index (χ3v) is 5.75. The Balaban J connectivity index is 1.39. The first-order chi connectivity index (χ1) is 16.4. The molecule has 34 heavy (non-hydrogen) atoms. The van der Waals surface area contributed by atoms with Crippen LogP contribution in [0, 0.1) is 0 Å². The molecule has 0 aromatic heterocycles. The second-order valence-corrected chi connectivity index (χ2v) is 8.07. The van der Waals surface area contributed by atoms with Gasteiger partial charge in [0.2, 0.25) is 0 Å². The van der Waals surface area contributed by atoms with Crippen LogP contribution in [-0.2, 0) is 13.1 Å². The highest BCUT2D eigenvalue weighted by Crippen LogP contribution is 2.36. The molecule has 1 aliphatic rings. The van der Waals surface area contributed by atoms with Gasteiger partial charge in [-0.15, -0.1) is 0 Å². The van der Waals surface area contributed by atoms with Crippen LogP contribution >= 0.6 is 11.6 Å². The fourth-order valence-corrected chi connectivity index (χ4v) is 4.06. The molecular weight excluding hydrogens is 456 g/mol. The Hall–Kier alpha value is -3.84. The summed E-state index contributed by atoms with van der Waals surface area (Å²) in [4.78, 5) is 38.9. The van der Waals surface area contributed by atoms with Gasteiger partial charge in [0, 0.05) is 12.1 Å². The fraction of sp³-hybridized carbons (Fsp3) is 0.192. The van der Waals surface area contributed by atoms with Crippen molar-refractivity contribution in [1.82, 2.24) is 10.2 Å². The number of carbonyl (C=O) groups excluding carboxylic acids is 3. The predicted octanol–water partition coefficient (Wildman–Crippen LogP) is 4.47. The van der Waals surface area contributed by atoms with Gasteiger partial charge < -0.3 is 14.8 Å². The van der Waals surface area contributed by atoms with Gasteiger partial charge in [-0.2, -0.15) is 0 Å². The quantitative estimate of drug-likeness (QED) is 0.483. The second-order valence-electron chi connectivity index (χ2n) is 7.66. The number of hydrogen-bond donors (Lipinski definition) is 1. The van der Waals surface area contributed by atoms with E-state index in [2.05, 4.69) is 5.32 Å². The average Bonchev–Trinajstić information content (AvgIpc) is 3.09. The number of nitrogens with one attached hydrogen (secondary N) is 1. The van der Waals surface area contributed by atoms with Gasteiger partial charge in [-0.3, -0.25) is 19.3 Å². The first-order valence-electron chi connectivity index (χ1n) is 10.7. The largest absolute Gasteiger partial charge is 0.493 e. The Morgan fingerprint density at radius 1 is 0.971 bits per heavy atom. The molecule has 0 fully saturated rings. The van der Waals surface area contributed by atoms with Crippen molar-refractivity contribution in [3.05, 3.63) is 93.5 Å². The van der Waals surface area contributed by atoms with E-state index in [0.717, 1.165) is 11.1 Å². The molecule has 0 saturated carbocycles. The predicted molar refractivity (Wildman–Crippen MR) is 127 cm³/mol. The lowest BCUT2D eigenvalue weighted by Gasteiger charge is -2.14. The minimum atomic E-state index is -0.313. The Morgan fingerprint density at radius 3 is 2.21 bits per heavy atom. The van der Waals surface area contributed by atoms with Crippen LogP contribution in [0.3, 0.4) is 0 Å². The van der Waals surface area contributed by atoms with E-state index in [9.17, 15) is 14.4 Å². The van der Waals surface area contributed by atoms with E-state index >= 15 is 0 Å². The molecule has 3 aromatic rings. The Morgan fingerprint density at radius 2 is 1.62 bits per heavy atom. The summed E-state index contributed by atoms with van der Waals surface area (Å²) in [5.41, 5.74) is 2.79. The number of benzene rings is 3. The summed E-state index contributed by atoms with van der Waals surface area (Å²) in [6.07, 6.45) is 0. The molecule has 3 aromatic carbocycles. The van der Waals surface area contributed by atoms with E-state index < -0.39 is 0 Å². The van der Waals surface area contributed by atoms with E-state index in [1.165, 1.54) is 12.0 Å². The molecule has 4 rings (SSSR count). The zero-order valence-electron chi connectivity index (χ0n) is 18.8. The van der Waals surface area contributed by atoms with Crippen LogP contribution in [0.1, 0.15) is 49.1 Å². The van der Waals surface area contributed by atoms with Crippen molar-refractivity contribution < 1.29 is 23.9 Å². The van der Waals surface area contributed by atoms with Crippen molar-refractivity contribution in [3.8, 4) is 11.5 Å². The highest BCUT2D eigenvalue weighted by Gasteiger charge is 2.34. The maximum Gasteiger partial charge on any atom is 0.261 e. The lowest BCUT2D eigenvalue weighted by molar-refractivity contribution is 0.0641. The number of amides is 3. The van der Waals surface area contributed by atoms with Crippen LogP contribution in [0.15, 0.2) is 60.7 Å². The molecular formula is C26H23ClN2O5. The molecule has 1 aliphatic heterocycles.